The summed E-state index contributed by atoms with van der Waals surface area (Å²) in [6.45, 7) is 3.76. The first-order valence-corrected chi connectivity index (χ1v) is 9.42. The number of aromatic nitrogens is 2. The molecule has 0 radical (unpaired) electrons. The zero-order chi connectivity index (χ0) is 20.2. The number of nitrogens with zero attached hydrogens (tertiary/aromatic N) is 2. The van der Waals surface area contributed by atoms with Crippen molar-refractivity contribution < 1.29 is 22.7 Å². The first kappa shape index (κ1) is 20.4. The summed E-state index contributed by atoms with van der Waals surface area (Å²) in [5.41, 5.74) is 0.134. The highest BCUT2D eigenvalue weighted by Crippen LogP contribution is 2.33. The summed E-state index contributed by atoms with van der Waals surface area (Å²) in [5.74, 6) is 0.390. The maximum absolute atomic E-state index is 12.5. The van der Waals surface area contributed by atoms with E-state index in [1.807, 2.05) is 6.08 Å². The van der Waals surface area contributed by atoms with E-state index in [2.05, 4.69) is 25.2 Å². The largest absolute Gasteiger partial charge is 0.523 e. The van der Waals surface area contributed by atoms with Crippen molar-refractivity contribution in [2.24, 2.45) is 5.92 Å². The van der Waals surface area contributed by atoms with Crippen LogP contribution in [-0.2, 0) is 4.74 Å². The molecule has 2 N–H and O–H groups in total. The Kier molecular flexibility index (Phi) is 6.12. The fourth-order valence-corrected chi connectivity index (χ4v) is 3.63. The summed E-state index contributed by atoms with van der Waals surface area (Å²) < 4.78 is 41.7. The minimum atomic E-state index is -4.64. The molecule has 9 heteroatoms. The number of aromatic amines is 1. The third-order valence-electron chi connectivity index (χ3n) is 5.25. The molecular formula is C19H25F3N4O2. The SMILES string of the molecule is C[C@]1(OC(F)(F)F)C=CC(N2CCC(CCNC(=O)c3cn[nH]c3)CC2)=CC1. The van der Waals surface area contributed by atoms with Crippen molar-refractivity contribution in [3.05, 3.63) is 41.9 Å². The average Bonchev–Trinajstić information content (AvgIpc) is 3.16. The van der Waals surface area contributed by atoms with E-state index in [1.165, 1.54) is 19.2 Å². The highest BCUT2D eigenvalue weighted by atomic mass is 19.4. The van der Waals surface area contributed by atoms with Gasteiger partial charge in [0, 0.05) is 37.9 Å². The topological polar surface area (TPSA) is 70.2 Å². The molecule has 1 aliphatic carbocycles. The van der Waals surface area contributed by atoms with Crippen LogP contribution in [0.2, 0.25) is 0 Å². The fraction of sp³-hybridized carbons (Fsp3) is 0.579. The number of hydrogen-bond donors (Lipinski definition) is 2. The molecule has 1 atom stereocenters. The quantitative estimate of drug-likeness (QED) is 0.771. The summed E-state index contributed by atoms with van der Waals surface area (Å²) in [5, 5.41) is 9.26. The van der Waals surface area contributed by atoms with Gasteiger partial charge in [-0.25, -0.2) is 0 Å². The fourth-order valence-electron chi connectivity index (χ4n) is 3.63. The van der Waals surface area contributed by atoms with Gasteiger partial charge in [0.1, 0.15) is 0 Å². The van der Waals surface area contributed by atoms with Gasteiger partial charge in [0.25, 0.3) is 5.91 Å². The molecule has 1 aromatic heterocycles. The van der Waals surface area contributed by atoms with Crippen LogP contribution in [0, 0.1) is 5.92 Å². The minimum absolute atomic E-state index is 0.132. The molecule has 0 bridgehead atoms. The van der Waals surface area contributed by atoms with Crippen LogP contribution in [0.5, 0.6) is 0 Å². The first-order chi connectivity index (χ1) is 13.2. The number of piperidine rings is 1. The smallest absolute Gasteiger partial charge is 0.372 e. The number of likely N-dealkylation sites (tertiary alicyclic amines) is 1. The number of alkyl halides is 3. The number of H-pyrrole nitrogens is 1. The number of halogens is 3. The van der Waals surface area contributed by atoms with E-state index in [0.717, 1.165) is 38.0 Å². The third-order valence-corrected chi connectivity index (χ3v) is 5.25. The van der Waals surface area contributed by atoms with Crippen LogP contribution < -0.4 is 5.32 Å². The van der Waals surface area contributed by atoms with Crippen molar-refractivity contribution in [2.45, 2.75) is 44.6 Å². The Hall–Kier alpha value is -2.29. The lowest BCUT2D eigenvalue weighted by Gasteiger charge is -2.37. The van der Waals surface area contributed by atoms with Crippen molar-refractivity contribution in [2.75, 3.05) is 19.6 Å². The monoisotopic (exact) mass is 398 g/mol. The molecule has 154 valence electrons. The van der Waals surface area contributed by atoms with Crippen LogP contribution in [0.4, 0.5) is 13.2 Å². The number of rotatable bonds is 6. The van der Waals surface area contributed by atoms with Crippen molar-refractivity contribution in [1.29, 1.82) is 0 Å². The van der Waals surface area contributed by atoms with Crippen molar-refractivity contribution in [3.8, 4) is 0 Å². The number of allylic oxidation sites excluding steroid dienone is 1. The molecule has 3 rings (SSSR count). The highest BCUT2D eigenvalue weighted by molar-refractivity contribution is 5.93. The Morgan fingerprint density at radius 3 is 2.75 bits per heavy atom. The molecule has 0 spiro atoms. The molecule has 6 nitrogen and oxygen atoms in total. The summed E-state index contributed by atoms with van der Waals surface area (Å²) in [6, 6.07) is 0. The van der Waals surface area contributed by atoms with Crippen molar-refractivity contribution in [1.82, 2.24) is 20.4 Å². The lowest BCUT2D eigenvalue weighted by Crippen LogP contribution is -2.37. The maximum Gasteiger partial charge on any atom is 0.523 e. The number of ether oxygens (including phenoxy) is 1. The maximum atomic E-state index is 12.5. The molecule has 2 heterocycles. The molecule has 1 aliphatic heterocycles. The van der Waals surface area contributed by atoms with Gasteiger partial charge in [-0.2, -0.15) is 5.10 Å². The number of amides is 1. The Morgan fingerprint density at radius 2 is 2.18 bits per heavy atom. The van der Waals surface area contributed by atoms with Gasteiger partial charge < -0.3 is 10.2 Å². The second-order valence-corrected chi connectivity index (χ2v) is 7.49. The predicted octanol–water partition coefficient (Wildman–Crippen LogP) is 3.38. The summed E-state index contributed by atoms with van der Waals surface area (Å²) in [4.78, 5) is 14.1. The second-order valence-electron chi connectivity index (χ2n) is 7.49. The zero-order valence-electron chi connectivity index (χ0n) is 15.8. The number of nitrogens with one attached hydrogen (secondary N) is 2. The molecular weight excluding hydrogens is 373 g/mol. The van der Waals surface area contributed by atoms with E-state index in [4.69, 9.17) is 0 Å². The Labute approximate surface area is 161 Å². The molecule has 1 aromatic rings. The van der Waals surface area contributed by atoms with Crippen LogP contribution in [-0.4, -0.2) is 52.6 Å². The molecule has 1 amide bonds. The van der Waals surface area contributed by atoms with E-state index >= 15 is 0 Å². The van der Waals surface area contributed by atoms with Crippen LogP contribution in [0.25, 0.3) is 0 Å². The van der Waals surface area contributed by atoms with Gasteiger partial charge in [-0.1, -0.05) is 12.2 Å². The van der Waals surface area contributed by atoms with Gasteiger partial charge in [-0.05, 0) is 38.2 Å². The molecule has 1 fully saturated rings. The third kappa shape index (κ3) is 5.60. The molecule has 28 heavy (non-hydrogen) atoms. The minimum Gasteiger partial charge on any atom is -0.372 e. The molecule has 0 aromatic carbocycles. The Morgan fingerprint density at radius 1 is 1.43 bits per heavy atom. The highest BCUT2D eigenvalue weighted by Gasteiger charge is 2.39. The summed E-state index contributed by atoms with van der Waals surface area (Å²) in [7, 11) is 0. The Bertz CT molecular complexity index is 722. The zero-order valence-corrected chi connectivity index (χ0v) is 15.8. The van der Waals surface area contributed by atoms with Crippen LogP contribution >= 0.6 is 0 Å². The summed E-state index contributed by atoms with van der Waals surface area (Å²) >= 11 is 0. The van der Waals surface area contributed by atoms with Gasteiger partial charge in [0.05, 0.1) is 17.4 Å². The van der Waals surface area contributed by atoms with E-state index in [-0.39, 0.29) is 12.3 Å². The Balaban J connectivity index is 1.39. The lowest BCUT2D eigenvalue weighted by atomic mass is 9.91. The normalized spacial score (nSPS) is 23.6. The lowest BCUT2D eigenvalue weighted by molar-refractivity contribution is -0.355. The number of carbonyl (C=O) groups is 1. The van der Waals surface area contributed by atoms with Crippen molar-refractivity contribution in [3.63, 3.8) is 0 Å². The first-order valence-electron chi connectivity index (χ1n) is 9.42. The standard InChI is InChI=1S/C19H25F3N4O2/c1-18(28-19(20,21)22)7-2-16(3-8-18)26-10-5-14(6-11-26)4-9-23-17(27)15-12-24-25-13-15/h2-3,7,12-14H,4-6,8-11H2,1H3,(H,23,27)(H,24,25)/t18-/m0/s1. The van der Waals surface area contributed by atoms with Gasteiger partial charge in [0.2, 0.25) is 0 Å². The van der Waals surface area contributed by atoms with Crippen LogP contribution in [0.15, 0.2) is 36.3 Å². The van der Waals surface area contributed by atoms with Gasteiger partial charge >= 0.3 is 6.36 Å². The molecule has 1 saturated heterocycles. The van der Waals surface area contributed by atoms with Crippen LogP contribution in [0.1, 0.15) is 43.0 Å². The van der Waals surface area contributed by atoms with Crippen molar-refractivity contribution >= 4 is 5.91 Å². The van der Waals surface area contributed by atoms with Crippen LogP contribution in [0.3, 0.4) is 0 Å². The van der Waals surface area contributed by atoms with E-state index in [0.29, 0.717) is 18.0 Å². The number of carbonyl (C=O) groups excluding carboxylic acids is 1. The predicted molar refractivity (Wildman–Crippen MR) is 97.2 cm³/mol. The number of hydrogen-bond acceptors (Lipinski definition) is 4. The van der Waals surface area contributed by atoms with Gasteiger partial charge in [-0.3, -0.25) is 14.6 Å². The van der Waals surface area contributed by atoms with Gasteiger partial charge in [0.15, 0.2) is 0 Å². The second kappa shape index (κ2) is 8.38. The summed E-state index contributed by atoms with van der Waals surface area (Å²) in [6.07, 6.45) is 6.52. The molecule has 0 saturated carbocycles. The average molecular weight is 398 g/mol. The van der Waals surface area contributed by atoms with E-state index in [1.54, 1.807) is 12.3 Å². The van der Waals surface area contributed by atoms with Gasteiger partial charge in [-0.15, -0.1) is 13.2 Å². The molecule has 2 aliphatic rings. The van der Waals surface area contributed by atoms with E-state index < -0.39 is 12.0 Å². The van der Waals surface area contributed by atoms with E-state index in [9.17, 15) is 18.0 Å². The molecule has 0 unspecified atom stereocenters.